The first-order chi connectivity index (χ1) is 11.5. The van der Waals surface area contributed by atoms with Gasteiger partial charge in [-0.05, 0) is 79.0 Å². The summed E-state index contributed by atoms with van der Waals surface area (Å²) in [6, 6.07) is 5.95. The van der Waals surface area contributed by atoms with Gasteiger partial charge in [-0.2, -0.15) is 11.3 Å². The average molecular weight is 368 g/mol. The number of rotatable bonds is 6. The third-order valence-electron chi connectivity index (χ3n) is 4.42. The Morgan fingerprint density at radius 1 is 1.29 bits per heavy atom. The van der Waals surface area contributed by atoms with Crippen LogP contribution >= 0.6 is 11.3 Å². The molecule has 0 unspecified atom stereocenters. The van der Waals surface area contributed by atoms with E-state index in [1.54, 1.807) is 18.3 Å². The SMILES string of the molecule is Cc1cc(S(=O)(=O)NC[C@@H](c2ccsc2)N2CCCC2)ccc1F. The zero-order chi connectivity index (χ0) is 17.2. The molecule has 24 heavy (non-hydrogen) atoms. The van der Waals surface area contributed by atoms with Gasteiger partial charge in [0.25, 0.3) is 0 Å². The van der Waals surface area contributed by atoms with Gasteiger partial charge < -0.3 is 0 Å². The number of nitrogens with zero attached hydrogens (tertiary/aromatic N) is 1. The van der Waals surface area contributed by atoms with Crippen LogP contribution in [0.3, 0.4) is 0 Å². The molecule has 0 aliphatic carbocycles. The summed E-state index contributed by atoms with van der Waals surface area (Å²) in [7, 11) is -3.66. The van der Waals surface area contributed by atoms with Crippen molar-refractivity contribution in [1.29, 1.82) is 0 Å². The maximum absolute atomic E-state index is 13.4. The fraction of sp³-hybridized carbons (Fsp3) is 0.412. The van der Waals surface area contributed by atoms with Crippen LogP contribution in [0.1, 0.15) is 30.0 Å². The second-order valence-electron chi connectivity index (χ2n) is 6.08. The number of aryl methyl sites for hydroxylation is 1. The fourth-order valence-corrected chi connectivity index (χ4v) is 4.86. The zero-order valence-electron chi connectivity index (χ0n) is 13.5. The molecule has 1 aliphatic rings. The summed E-state index contributed by atoms with van der Waals surface area (Å²) in [5, 5.41) is 4.08. The Hall–Kier alpha value is -1.28. The highest BCUT2D eigenvalue weighted by Gasteiger charge is 2.26. The summed E-state index contributed by atoms with van der Waals surface area (Å²) in [5.41, 5.74) is 1.46. The van der Waals surface area contributed by atoms with Crippen LogP contribution < -0.4 is 4.72 Å². The summed E-state index contributed by atoms with van der Waals surface area (Å²) in [5.74, 6) is -0.401. The summed E-state index contributed by atoms with van der Waals surface area (Å²) < 4.78 is 41.1. The Balaban J connectivity index is 1.76. The molecule has 2 aromatic rings. The van der Waals surface area contributed by atoms with Crippen molar-refractivity contribution in [3.8, 4) is 0 Å². The molecule has 0 spiro atoms. The maximum atomic E-state index is 13.4. The van der Waals surface area contributed by atoms with Crippen LogP contribution in [0.25, 0.3) is 0 Å². The predicted molar refractivity (Wildman–Crippen MR) is 94.2 cm³/mol. The number of halogens is 1. The molecule has 1 aromatic heterocycles. The first-order valence-corrected chi connectivity index (χ1v) is 10.4. The molecule has 1 N–H and O–H groups in total. The smallest absolute Gasteiger partial charge is 0.240 e. The van der Waals surface area contributed by atoms with Crippen LogP contribution in [-0.4, -0.2) is 33.0 Å². The molecule has 7 heteroatoms. The van der Waals surface area contributed by atoms with Crippen LogP contribution in [0.2, 0.25) is 0 Å². The van der Waals surface area contributed by atoms with E-state index in [-0.39, 0.29) is 10.9 Å². The van der Waals surface area contributed by atoms with Gasteiger partial charge in [0, 0.05) is 12.6 Å². The number of hydrogen-bond donors (Lipinski definition) is 1. The van der Waals surface area contributed by atoms with Gasteiger partial charge in [-0.15, -0.1) is 0 Å². The molecule has 0 amide bonds. The van der Waals surface area contributed by atoms with Crippen LogP contribution in [-0.2, 0) is 10.0 Å². The Bertz CT molecular complexity index is 785. The van der Waals surface area contributed by atoms with E-state index >= 15 is 0 Å². The van der Waals surface area contributed by atoms with Gasteiger partial charge in [0.05, 0.1) is 4.90 Å². The Morgan fingerprint density at radius 3 is 2.67 bits per heavy atom. The predicted octanol–water partition coefficient (Wildman–Crippen LogP) is 3.31. The van der Waals surface area contributed by atoms with Gasteiger partial charge in [0.2, 0.25) is 10.0 Å². The summed E-state index contributed by atoms with van der Waals surface area (Å²) in [6.07, 6.45) is 2.29. The number of sulfonamides is 1. The minimum Gasteiger partial charge on any atom is -0.295 e. The average Bonchev–Trinajstić information content (AvgIpc) is 3.24. The standard InChI is InChI=1S/C17H21FN2O2S2/c1-13-10-15(4-5-16(13)18)24(21,22)19-11-17(14-6-9-23-12-14)20-7-2-3-8-20/h4-6,9-10,12,17,19H,2-3,7-8,11H2,1H3/t17-/m0/s1. The van der Waals surface area contributed by atoms with Gasteiger partial charge in [-0.3, -0.25) is 4.90 Å². The Kier molecular flexibility index (Phi) is 5.34. The highest BCUT2D eigenvalue weighted by Crippen LogP contribution is 2.26. The molecule has 0 bridgehead atoms. The van der Waals surface area contributed by atoms with Crippen molar-refractivity contribution in [3.63, 3.8) is 0 Å². The minimum absolute atomic E-state index is 0.0371. The van der Waals surface area contributed by atoms with E-state index in [0.717, 1.165) is 31.5 Å². The summed E-state index contributed by atoms with van der Waals surface area (Å²) >= 11 is 1.61. The van der Waals surface area contributed by atoms with E-state index in [2.05, 4.69) is 15.0 Å². The minimum atomic E-state index is -3.66. The van der Waals surface area contributed by atoms with E-state index in [9.17, 15) is 12.8 Å². The van der Waals surface area contributed by atoms with Crippen molar-refractivity contribution in [3.05, 3.63) is 52.0 Å². The Morgan fingerprint density at radius 2 is 2.04 bits per heavy atom. The van der Waals surface area contributed by atoms with Gasteiger partial charge in [-0.25, -0.2) is 17.5 Å². The highest BCUT2D eigenvalue weighted by molar-refractivity contribution is 7.89. The van der Waals surface area contributed by atoms with Crippen LogP contribution in [0, 0.1) is 12.7 Å². The van der Waals surface area contributed by atoms with Crippen molar-refractivity contribution in [2.75, 3.05) is 19.6 Å². The summed E-state index contributed by atoms with van der Waals surface area (Å²) in [4.78, 5) is 2.42. The van der Waals surface area contributed by atoms with E-state index in [4.69, 9.17) is 0 Å². The molecule has 1 saturated heterocycles. The molecule has 4 nitrogen and oxygen atoms in total. The monoisotopic (exact) mass is 368 g/mol. The molecule has 1 aliphatic heterocycles. The van der Waals surface area contributed by atoms with Crippen molar-refractivity contribution in [2.24, 2.45) is 0 Å². The van der Waals surface area contributed by atoms with Crippen molar-refractivity contribution in [2.45, 2.75) is 30.7 Å². The lowest BCUT2D eigenvalue weighted by Crippen LogP contribution is -2.36. The van der Waals surface area contributed by atoms with E-state index in [0.29, 0.717) is 12.1 Å². The van der Waals surface area contributed by atoms with Gasteiger partial charge in [0.15, 0.2) is 0 Å². The summed E-state index contributed by atoms with van der Waals surface area (Å²) in [6.45, 7) is 3.85. The largest absolute Gasteiger partial charge is 0.295 e. The molecule has 1 atom stereocenters. The lowest BCUT2D eigenvalue weighted by atomic mass is 10.1. The zero-order valence-corrected chi connectivity index (χ0v) is 15.2. The number of benzene rings is 1. The quantitative estimate of drug-likeness (QED) is 0.851. The fourth-order valence-electron chi connectivity index (χ4n) is 3.03. The van der Waals surface area contributed by atoms with Crippen molar-refractivity contribution >= 4 is 21.4 Å². The maximum Gasteiger partial charge on any atom is 0.240 e. The highest BCUT2D eigenvalue weighted by atomic mass is 32.2. The number of thiophene rings is 1. The normalized spacial score (nSPS) is 17.2. The molecular formula is C17H21FN2O2S2. The molecule has 0 radical (unpaired) electrons. The first kappa shape index (κ1) is 17.5. The molecule has 1 aromatic carbocycles. The third kappa shape index (κ3) is 3.85. The second kappa shape index (κ2) is 7.31. The molecule has 130 valence electrons. The number of nitrogens with one attached hydrogen (secondary N) is 1. The molecule has 3 rings (SSSR count). The number of hydrogen-bond acceptors (Lipinski definition) is 4. The van der Waals surface area contributed by atoms with Crippen molar-refractivity contribution in [1.82, 2.24) is 9.62 Å². The third-order valence-corrected chi connectivity index (χ3v) is 6.54. The topological polar surface area (TPSA) is 49.4 Å². The first-order valence-electron chi connectivity index (χ1n) is 7.99. The molecule has 0 saturated carbocycles. The Labute approximate surface area is 146 Å². The van der Waals surface area contributed by atoms with Gasteiger partial charge >= 0.3 is 0 Å². The second-order valence-corrected chi connectivity index (χ2v) is 8.63. The number of likely N-dealkylation sites (tertiary alicyclic amines) is 1. The van der Waals surface area contributed by atoms with Crippen molar-refractivity contribution < 1.29 is 12.8 Å². The van der Waals surface area contributed by atoms with Gasteiger partial charge in [-0.1, -0.05) is 0 Å². The van der Waals surface area contributed by atoms with Gasteiger partial charge in [0.1, 0.15) is 5.82 Å². The molecule has 1 fully saturated rings. The lowest BCUT2D eigenvalue weighted by molar-refractivity contribution is 0.247. The van der Waals surface area contributed by atoms with E-state index < -0.39 is 15.8 Å². The van der Waals surface area contributed by atoms with Crippen LogP contribution in [0.4, 0.5) is 4.39 Å². The van der Waals surface area contributed by atoms with Crippen LogP contribution in [0.15, 0.2) is 39.9 Å². The molecular weight excluding hydrogens is 347 g/mol. The van der Waals surface area contributed by atoms with Crippen LogP contribution in [0.5, 0.6) is 0 Å². The molecule has 2 heterocycles. The van der Waals surface area contributed by atoms with E-state index in [1.807, 2.05) is 11.4 Å². The lowest BCUT2D eigenvalue weighted by Gasteiger charge is -2.27. The van der Waals surface area contributed by atoms with E-state index in [1.165, 1.54) is 18.2 Å².